The fraction of sp³-hybridized carbons (Fsp3) is 0.333. The topological polar surface area (TPSA) is 30.2 Å². The standard InChI is InChI=1S/C9H8F3N3/c1-2-6-5-15-8(14-6)7(3-4-13-15)9(10,11)12/h3-5H,2H2,1H3. The van der Waals surface area contributed by atoms with Crippen molar-refractivity contribution in [1.82, 2.24) is 14.6 Å². The molecule has 3 nitrogen and oxygen atoms in total. The highest BCUT2D eigenvalue weighted by Crippen LogP contribution is 2.31. The predicted octanol–water partition coefficient (Wildman–Crippen LogP) is 2.31. The molecule has 0 atom stereocenters. The summed E-state index contributed by atoms with van der Waals surface area (Å²) in [5.74, 6) is 0. The maximum atomic E-state index is 12.5. The van der Waals surface area contributed by atoms with Crippen molar-refractivity contribution in [3.63, 3.8) is 0 Å². The molecule has 0 aliphatic carbocycles. The SMILES string of the molecule is CCc1cn2nccc(C(F)(F)F)c2n1. The quantitative estimate of drug-likeness (QED) is 0.730. The molecule has 0 fully saturated rings. The Morgan fingerprint density at radius 2 is 2.13 bits per heavy atom. The lowest BCUT2D eigenvalue weighted by molar-refractivity contribution is -0.136. The zero-order valence-corrected chi connectivity index (χ0v) is 7.91. The Morgan fingerprint density at radius 1 is 1.40 bits per heavy atom. The van der Waals surface area contributed by atoms with Crippen molar-refractivity contribution in [3.05, 3.63) is 29.7 Å². The molecule has 2 rings (SSSR count). The van der Waals surface area contributed by atoms with Gasteiger partial charge in [-0.05, 0) is 12.5 Å². The van der Waals surface area contributed by atoms with E-state index in [0.29, 0.717) is 12.1 Å². The van der Waals surface area contributed by atoms with E-state index in [1.807, 2.05) is 6.92 Å². The van der Waals surface area contributed by atoms with Gasteiger partial charge in [0.1, 0.15) is 5.56 Å². The number of nitrogens with zero attached hydrogens (tertiary/aromatic N) is 3. The molecule has 0 unspecified atom stereocenters. The molecular formula is C9H8F3N3. The van der Waals surface area contributed by atoms with Gasteiger partial charge in [0.15, 0.2) is 5.65 Å². The van der Waals surface area contributed by atoms with E-state index in [1.54, 1.807) is 0 Å². The zero-order valence-electron chi connectivity index (χ0n) is 7.91. The lowest BCUT2D eigenvalue weighted by atomic mass is 10.3. The molecule has 2 aromatic rings. The van der Waals surface area contributed by atoms with Crippen LogP contribution in [-0.4, -0.2) is 14.6 Å². The van der Waals surface area contributed by atoms with E-state index in [0.717, 1.165) is 16.8 Å². The number of imidazole rings is 1. The van der Waals surface area contributed by atoms with Gasteiger partial charge in [0.2, 0.25) is 0 Å². The van der Waals surface area contributed by atoms with Crippen molar-refractivity contribution in [2.24, 2.45) is 0 Å². The summed E-state index contributed by atoms with van der Waals surface area (Å²) in [6.07, 6.45) is -1.18. The highest BCUT2D eigenvalue weighted by atomic mass is 19.4. The summed E-state index contributed by atoms with van der Waals surface area (Å²) >= 11 is 0. The van der Waals surface area contributed by atoms with Gasteiger partial charge in [-0.2, -0.15) is 18.3 Å². The summed E-state index contributed by atoms with van der Waals surface area (Å²) in [5.41, 5.74) is -0.293. The van der Waals surface area contributed by atoms with Crippen molar-refractivity contribution in [1.29, 1.82) is 0 Å². The molecule has 0 aliphatic heterocycles. The van der Waals surface area contributed by atoms with Gasteiger partial charge in [0, 0.05) is 6.20 Å². The monoisotopic (exact) mass is 215 g/mol. The second-order valence-corrected chi connectivity index (χ2v) is 3.10. The second-order valence-electron chi connectivity index (χ2n) is 3.10. The van der Waals surface area contributed by atoms with Crippen molar-refractivity contribution in [2.45, 2.75) is 19.5 Å². The van der Waals surface area contributed by atoms with Gasteiger partial charge in [0.05, 0.1) is 11.9 Å². The van der Waals surface area contributed by atoms with Crippen LogP contribution in [0.2, 0.25) is 0 Å². The second kappa shape index (κ2) is 3.22. The van der Waals surface area contributed by atoms with Gasteiger partial charge in [-0.3, -0.25) is 0 Å². The summed E-state index contributed by atoms with van der Waals surface area (Å²) < 4.78 is 38.8. The van der Waals surface area contributed by atoms with E-state index in [1.165, 1.54) is 6.20 Å². The van der Waals surface area contributed by atoms with Crippen LogP contribution >= 0.6 is 0 Å². The summed E-state index contributed by atoms with van der Waals surface area (Å²) in [4.78, 5) is 3.88. The molecule has 0 N–H and O–H groups in total. The minimum Gasteiger partial charge on any atom is -0.231 e. The van der Waals surface area contributed by atoms with Crippen LogP contribution in [0.5, 0.6) is 0 Å². The summed E-state index contributed by atoms with van der Waals surface area (Å²) in [6, 6.07) is 0.932. The number of fused-ring (bicyclic) bond motifs is 1. The molecule has 2 heterocycles. The van der Waals surface area contributed by atoms with E-state index in [-0.39, 0.29) is 5.65 Å². The average molecular weight is 215 g/mol. The Hall–Kier alpha value is -1.59. The molecule has 0 aromatic carbocycles. The van der Waals surface area contributed by atoms with Crippen LogP contribution < -0.4 is 0 Å². The predicted molar refractivity (Wildman–Crippen MR) is 47.4 cm³/mol. The highest BCUT2D eigenvalue weighted by molar-refractivity contribution is 5.48. The molecule has 15 heavy (non-hydrogen) atoms. The smallest absolute Gasteiger partial charge is 0.231 e. The summed E-state index contributed by atoms with van der Waals surface area (Å²) in [5, 5.41) is 3.78. The molecule has 0 spiro atoms. The Balaban J connectivity index is 2.70. The number of hydrogen-bond acceptors (Lipinski definition) is 2. The lowest BCUT2D eigenvalue weighted by Gasteiger charge is -2.06. The van der Waals surface area contributed by atoms with Crippen LogP contribution in [0, 0.1) is 0 Å². The van der Waals surface area contributed by atoms with Gasteiger partial charge in [-0.25, -0.2) is 9.50 Å². The third kappa shape index (κ3) is 1.67. The molecule has 0 bridgehead atoms. The van der Waals surface area contributed by atoms with Gasteiger partial charge in [0.25, 0.3) is 0 Å². The largest absolute Gasteiger partial charge is 0.420 e. The first-order valence-corrected chi connectivity index (χ1v) is 4.43. The molecule has 0 saturated heterocycles. The van der Waals surface area contributed by atoms with E-state index in [4.69, 9.17) is 0 Å². The normalized spacial score (nSPS) is 12.3. The zero-order chi connectivity index (χ0) is 11.1. The number of halogens is 3. The molecule has 0 radical (unpaired) electrons. The van der Waals surface area contributed by atoms with Crippen LogP contribution in [0.25, 0.3) is 5.65 Å². The maximum Gasteiger partial charge on any atom is 0.420 e. The fourth-order valence-corrected chi connectivity index (χ4v) is 1.34. The lowest BCUT2D eigenvalue weighted by Crippen LogP contribution is -2.08. The third-order valence-corrected chi connectivity index (χ3v) is 2.08. The number of aromatic nitrogens is 3. The van der Waals surface area contributed by atoms with E-state index < -0.39 is 11.7 Å². The molecule has 6 heteroatoms. The van der Waals surface area contributed by atoms with Gasteiger partial charge < -0.3 is 0 Å². The van der Waals surface area contributed by atoms with Crippen molar-refractivity contribution >= 4 is 5.65 Å². The molecule has 80 valence electrons. The first-order chi connectivity index (χ1) is 7.02. The molecule has 0 amide bonds. The third-order valence-electron chi connectivity index (χ3n) is 2.08. The average Bonchev–Trinajstić information content (AvgIpc) is 2.57. The summed E-state index contributed by atoms with van der Waals surface area (Å²) in [7, 11) is 0. The van der Waals surface area contributed by atoms with Crippen LogP contribution in [0.1, 0.15) is 18.2 Å². The van der Waals surface area contributed by atoms with E-state index in [2.05, 4.69) is 10.1 Å². The number of hydrogen-bond donors (Lipinski definition) is 0. The molecule has 2 aromatic heterocycles. The van der Waals surface area contributed by atoms with Gasteiger partial charge in [-0.15, -0.1) is 0 Å². The number of aryl methyl sites for hydroxylation is 1. The van der Waals surface area contributed by atoms with E-state index in [9.17, 15) is 13.2 Å². The highest BCUT2D eigenvalue weighted by Gasteiger charge is 2.34. The van der Waals surface area contributed by atoms with Crippen LogP contribution in [0.4, 0.5) is 13.2 Å². The van der Waals surface area contributed by atoms with Crippen LogP contribution in [-0.2, 0) is 12.6 Å². The van der Waals surface area contributed by atoms with E-state index >= 15 is 0 Å². The van der Waals surface area contributed by atoms with Crippen molar-refractivity contribution < 1.29 is 13.2 Å². The molecular weight excluding hydrogens is 207 g/mol. The van der Waals surface area contributed by atoms with Crippen LogP contribution in [0.15, 0.2) is 18.5 Å². The fourth-order valence-electron chi connectivity index (χ4n) is 1.34. The Labute approximate surface area is 83.5 Å². The van der Waals surface area contributed by atoms with Gasteiger partial charge >= 0.3 is 6.18 Å². The minimum atomic E-state index is -4.39. The van der Waals surface area contributed by atoms with Crippen molar-refractivity contribution in [3.8, 4) is 0 Å². The molecule has 0 aliphatic rings. The maximum absolute atomic E-state index is 12.5. The summed E-state index contributed by atoms with van der Waals surface area (Å²) in [6.45, 7) is 1.83. The number of alkyl halides is 3. The molecule has 0 saturated carbocycles. The first-order valence-electron chi connectivity index (χ1n) is 4.43. The van der Waals surface area contributed by atoms with Gasteiger partial charge in [-0.1, -0.05) is 6.92 Å². The van der Waals surface area contributed by atoms with Crippen LogP contribution in [0.3, 0.4) is 0 Å². The Kier molecular flexibility index (Phi) is 2.13. The van der Waals surface area contributed by atoms with Crippen molar-refractivity contribution in [2.75, 3.05) is 0 Å². The Morgan fingerprint density at radius 3 is 2.73 bits per heavy atom. The minimum absolute atomic E-state index is 0.137. The Bertz CT molecular complexity index is 487. The number of rotatable bonds is 1. The first kappa shape index (κ1) is 9.95.